The van der Waals surface area contributed by atoms with Crippen LogP contribution in [-0.4, -0.2) is 23.3 Å². The number of phenolic OH excluding ortho intramolecular Hbond substituents is 1. The Bertz CT molecular complexity index is 333. The molecule has 0 bridgehead atoms. The largest absolute Gasteiger partial charge is 0.508 e. The molecule has 1 aromatic rings. The summed E-state index contributed by atoms with van der Waals surface area (Å²) in [6, 6.07) is 4.72. The minimum absolute atomic E-state index is 0.0482. The molecule has 0 aliphatic rings. The summed E-state index contributed by atoms with van der Waals surface area (Å²) in [5.41, 5.74) is 0.754. The van der Waals surface area contributed by atoms with E-state index in [0.717, 1.165) is 5.56 Å². The Balaban J connectivity index is 2.76. The summed E-state index contributed by atoms with van der Waals surface area (Å²) in [5.74, 6) is -0.234. The normalized spacial score (nSPS) is 9.79. The monoisotopic (exact) mass is 196 g/mol. The molecule has 14 heavy (non-hydrogen) atoms. The van der Waals surface area contributed by atoms with Crippen LogP contribution >= 0.6 is 0 Å². The number of ether oxygens (including phenoxy) is 1. The molecule has 0 saturated carbocycles. The first kappa shape index (κ1) is 10.4. The highest BCUT2D eigenvalue weighted by Crippen LogP contribution is 2.22. The molecule has 0 aliphatic carbocycles. The van der Waals surface area contributed by atoms with Gasteiger partial charge in [0.1, 0.15) is 11.5 Å². The van der Waals surface area contributed by atoms with Gasteiger partial charge in [-0.15, -0.1) is 0 Å². The Labute approximate surface area is 81.8 Å². The topological polar surface area (TPSA) is 66.8 Å². The van der Waals surface area contributed by atoms with Gasteiger partial charge in [-0.05, 0) is 24.1 Å². The van der Waals surface area contributed by atoms with Crippen molar-refractivity contribution in [3.63, 3.8) is 0 Å². The van der Waals surface area contributed by atoms with E-state index in [9.17, 15) is 9.90 Å². The number of carbonyl (C=O) groups is 1. The van der Waals surface area contributed by atoms with Crippen molar-refractivity contribution < 1.29 is 19.7 Å². The maximum Gasteiger partial charge on any atom is 0.303 e. The molecule has 76 valence electrons. The summed E-state index contributed by atoms with van der Waals surface area (Å²) >= 11 is 0. The lowest BCUT2D eigenvalue weighted by molar-refractivity contribution is -0.136. The van der Waals surface area contributed by atoms with Crippen molar-refractivity contribution >= 4 is 5.97 Å². The fourth-order valence-electron chi connectivity index (χ4n) is 1.16. The van der Waals surface area contributed by atoms with Crippen LogP contribution in [0.5, 0.6) is 11.5 Å². The number of methoxy groups -OCH3 is 1. The van der Waals surface area contributed by atoms with Crippen LogP contribution < -0.4 is 4.74 Å². The fourth-order valence-corrected chi connectivity index (χ4v) is 1.16. The van der Waals surface area contributed by atoms with E-state index in [1.807, 2.05) is 0 Å². The smallest absolute Gasteiger partial charge is 0.303 e. The second-order valence-corrected chi connectivity index (χ2v) is 2.93. The van der Waals surface area contributed by atoms with Crippen LogP contribution in [0.2, 0.25) is 0 Å². The third-order valence-electron chi connectivity index (χ3n) is 1.81. The predicted molar refractivity (Wildman–Crippen MR) is 50.6 cm³/mol. The molecule has 0 aromatic heterocycles. The van der Waals surface area contributed by atoms with Crippen molar-refractivity contribution in [2.75, 3.05) is 7.11 Å². The number of hydrogen-bond acceptors (Lipinski definition) is 3. The number of rotatable bonds is 4. The van der Waals surface area contributed by atoms with Crippen molar-refractivity contribution in [2.45, 2.75) is 12.8 Å². The van der Waals surface area contributed by atoms with Crippen LogP contribution in [-0.2, 0) is 11.2 Å². The molecule has 2 N–H and O–H groups in total. The van der Waals surface area contributed by atoms with Crippen LogP contribution in [0.3, 0.4) is 0 Å². The molecule has 0 amide bonds. The molecular formula is C10H12O4. The minimum Gasteiger partial charge on any atom is -0.508 e. The molecule has 1 aromatic carbocycles. The Hall–Kier alpha value is -1.71. The second kappa shape index (κ2) is 4.50. The zero-order valence-corrected chi connectivity index (χ0v) is 7.86. The number of aromatic hydroxyl groups is 1. The van der Waals surface area contributed by atoms with Crippen LogP contribution in [0.1, 0.15) is 12.0 Å². The molecule has 0 radical (unpaired) electrons. The lowest BCUT2D eigenvalue weighted by atomic mass is 10.1. The Morgan fingerprint density at radius 2 is 2.14 bits per heavy atom. The molecule has 0 saturated heterocycles. The fraction of sp³-hybridized carbons (Fsp3) is 0.300. The maximum absolute atomic E-state index is 10.3. The summed E-state index contributed by atoms with van der Waals surface area (Å²) in [5, 5.41) is 17.7. The third-order valence-corrected chi connectivity index (χ3v) is 1.81. The lowest BCUT2D eigenvalue weighted by Crippen LogP contribution is -1.97. The molecule has 0 unspecified atom stereocenters. The van der Waals surface area contributed by atoms with Crippen LogP contribution in [0.15, 0.2) is 18.2 Å². The molecule has 0 atom stereocenters. The minimum atomic E-state index is -0.854. The van der Waals surface area contributed by atoms with E-state index in [0.29, 0.717) is 12.2 Å². The summed E-state index contributed by atoms with van der Waals surface area (Å²) in [4.78, 5) is 10.3. The average Bonchev–Trinajstić information content (AvgIpc) is 2.14. The SMILES string of the molecule is COc1cc(O)cc(CCC(=O)O)c1. The summed E-state index contributed by atoms with van der Waals surface area (Å²) in [6.45, 7) is 0. The predicted octanol–water partition coefficient (Wildman–Crippen LogP) is 1.42. The molecule has 0 heterocycles. The number of benzene rings is 1. The molecule has 0 aliphatic heterocycles. The van der Waals surface area contributed by atoms with Crippen LogP contribution in [0.25, 0.3) is 0 Å². The van der Waals surface area contributed by atoms with Gasteiger partial charge in [0, 0.05) is 12.5 Å². The van der Waals surface area contributed by atoms with Crippen molar-refractivity contribution in [3.05, 3.63) is 23.8 Å². The number of carboxylic acid groups (broad SMARTS) is 1. The standard InChI is InChI=1S/C10H12O4/c1-14-9-5-7(2-3-10(12)13)4-8(11)6-9/h4-6,11H,2-3H2,1H3,(H,12,13). The van der Waals surface area contributed by atoms with Crippen LogP contribution in [0, 0.1) is 0 Å². The molecule has 4 heteroatoms. The molecular weight excluding hydrogens is 184 g/mol. The van der Waals surface area contributed by atoms with E-state index in [4.69, 9.17) is 9.84 Å². The quantitative estimate of drug-likeness (QED) is 0.764. The van der Waals surface area contributed by atoms with Gasteiger partial charge in [0.15, 0.2) is 0 Å². The third kappa shape index (κ3) is 2.97. The van der Waals surface area contributed by atoms with E-state index in [2.05, 4.69) is 0 Å². The van der Waals surface area contributed by atoms with E-state index < -0.39 is 5.97 Å². The lowest BCUT2D eigenvalue weighted by Gasteiger charge is -2.04. The summed E-state index contributed by atoms with van der Waals surface area (Å²) < 4.78 is 4.94. The van der Waals surface area contributed by atoms with Gasteiger partial charge in [-0.3, -0.25) is 4.79 Å². The number of aliphatic carboxylic acids is 1. The van der Waals surface area contributed by atoms with Crippen molar-refractivity contribution in [1.82, 2.24) is 0 Å². The van der Waals surface area contributed by atoms with Gasteiger partial charge in [0.05, 0.1) is 7.11 Å². The van der Waals surface area contributed by atoms with Gasteiger partial charge in [-0.1, -0.05) is 0 Å². The van der Waals surface area contributed by atoms with Crippen molar-refractivity contribution in [3.8, 4) is 11.5 Å². The van der Waals surface area contributed by atoms with E-state index in [1.165, 1.54) is 19.2 Å². The maximum atomic E-state index is 10.3. The number of phenols is 1. The molecule has 1 rings (SSSR count). The second-order valence-electron chi connectivity index (χ2n) is 2.93. The molecule has 4 nitrogen and oxygen atoms in total. The zero-order valence-electron chi connectivity index (χ0n) is 7.86. The van der Waals surface area contributed by atoms with Crippen LogP contribution in [0.4, 0.5) is 0 Å². The first-order valence-corrected chi connectivity index (χ1v) is 4.20. The average molecular weight is 196 g/mol. The van der Waals surface area contributed by atoms with Gasteiger partial charge in [0.25, 0.3) is 0 Å². The summed E-state index contributed by atoms with van der Waals surface area (Å²) in [6.07, 6.45) is 0.437. The van der Waals surface area contributed by atoms with Gasteiger partial charge >= 0.3 is 5.97 Å². The highest BCUT2D eigenvalue weighted by Gasteiger charge is 2.03. The summed E-state index contributed by atoms with van der Waals surface area (Å²) in [7, 11) is 1.50. The Morgan fingerprint density at radius 3 is 2.71 bits per heavy atom. The van der Waals surface area contributed by atoms with Crippen molar-refractivity contribution in [2.24, 2.45) is 0 Å². The zero-order chi connectivity index (χ0) is 10.6. The van der Waals surface area contributed by atoms with E-state index >= 15 is 0 Å². The number of hydrogen-bond donors (Lipinski definition) is 2. The van der Waals surface area contributed by atoms with Gasteiger partial charge in [0.2, 0.25) is 0 Å². The van der Waals surface area contributed by atoms with E-state index in [-0.39, 0.29) is 12.2 Å². The molecule has 0 spiro atoms. The first-order valence-electron chi connectivity index (χ1n) is 4.20. The van der Waals surface area contributed by atoms with Crippen molar-refractivity contribution in [1.29, 1.82) is 0 Å². The Kier molecular flexibility index (Phi) is 3.34. The first-order chi connectivity index (χ1) is 6.61. The van der Waals surface area contributed by atoms with E-state index in [1.54, 1.807) is 6.07 Å². The highest BCUT2D eigenvalue weighted by molar-refractivity contribution is 5.67. The van der Waals surface area contributed by atoms with Gasteiger partial charge in [-0.25, -0.2) is 0 Å². The number of carboxylic acids is 1. The van der Waals surface area contributed by atoms with Gasteiger partial charge in [-0.2, -0.15) is 0 Å². The number of aryl methyl sites for hydroxylation is 1. The van der Waals surface area contributed by atoms with Gasteiger partial charge < -0.3 is 14.9 Å². The Morgan fingerprint density at radius 1 is 1.43 bits per heavy atom. The molecule has 0 fully saturated rings. The highest BCUT2D eigenvalue weighted by atomic mass is 16.5.